The van der Waals surface area contributed by atoms with Gasteiger partial charge in [0.15, 0.2) is 5.70 Å². The molecular formula is C21H24BF3N3O+. The Bertz CT molecular complexity index is 978. The quantitative estimate of drug-likeness (QED) is 0.724. The van der Waals surface area contributed by atoms with Crippen molar-refractivity contribution in [3.8, 4) is 5.75 Å². The Labute approximate surface area is 169 Å². The number of hydrogen-bond donors (Lipinski definition) is 2. The number of aromatic nitrogens is 1. The van der Waals surface area contributed by atoms with Crippen molar-refractivity contribution >= 4 is 31.9 Å². The monoisotopic (exact) mass is 402 g/mol. The van der Waals surface area contributed by atoms with Crippen molar-refractivity contribution in [1.29, 1.82) is 0 Å². The highest BCUT2D eigenvalue weighted by Gasteiger charge is 2.20. The molecule has 0 aliphatic carbocycles. The van der Waals surface area contributed by atoms with Gasteiger partial charge in [-0.25, -0.2) is 4.39 Å². The van der Waals surface area contributed by atoms with Crippen LogP contribution in [-0.4, -0.2) is 37.3 Å². The molecule has 1 aliphatic heterocycles. The van der Waals surface area contributed by atoms with E-state index >= 15 is 0 Å². The molecule has 1 aromatic carbocycles. The lowest BCUT2D eigenvalue weighted by Crippen LogP contribution is -2.09. The van der Waals surface area contributed by atoms with Gasteiger partial charge in [-0.15, -0.1) is 0 Å². The molecule has 0 saturated carbocycles. The summed E-state index contributed by atoms with van der Waals surface area (Å²) >= 11 is 0. The van der Waals surface area contributed by atoms with Gasteiger partial charge in [-0.1, -0.05) is 0 Å². The molecule has 0 spiro atoms. The Kier molecular flexibility index (Phi) is 8.72. The number of H-pyrrole nitrogens is 1. The first-order valence-corrected chi connectivity index (χ1v) is 8.73. The number of ether oxygens (including phenoxy) is 1. The summed E-state index contributed by atoms with van der Waals surface area (Å²) in [4.78, 5) is 3.42. The Morgan fingerprint density at radius 1 is 1.28 bits per heavy atom. The first kappa shape index (κ1) is 24.0. The Hall–Kier alpha value is -3.00. The molecule has 152 valence electrons. The highest BCUT2D eigenvalue weighted by atomic mass is 19.1. The maximum absolute atomic E-state index is 13.5. The number of allylic oxidation sites excluding steroid dienone is 2. The number of rotatable bonds is 6. The van der Waals surface area contributed by atoms with Crippen LogP contribution in [-0.2, 0) is 0 Å². The van der Waals surface area contributed by atoms with Crippen molar-refractivity contribution in [1.82, 2.24) is 4.98 Å². The van der Waals surface area contributed by atoms with E-state index in [9.17, 15) is 4.39 Å². The average molecular weight is 402 g/mol. The first-order valence-electron chi connectivity index (χ1n) is 8.73. The Balaban J connectivity index is 0.00000210. The van der Waals surface area contributed by atoms with E-state index in [1.807, 2.05) is 37.3 Å². The normalized spacial score (nSPS) is 14.4. The predicted octanol–water partition coefficient (Wildman–Crippen LogP) is 3.74. The zero-order chi connectivity index (χ0) is 19.4. The molecule has 1 aliphatic rings. The molecule has 2 radical (unpaired) electrons. The summed E-state index contributed by atoms with van der Waals surface area (Å²) in [6.45, 7) is 2.55. The summed E-state index contributed by atoms with van der Waals surface area (Å²) in [5.41, 5.74) is 11.5. The minimum Gasteiger partial charge on any atom is -0.496 e. The van der Waals surface area contributed by atoms with Crippen LogP contribution >= 0.6 is 0 Å². The lowest BCUT2D eigenvalue weighted by Gasteiger charge is -2.07. The van der Waals surface area contributed by atoms with Gasteiger partial charge in [0.1, 0.15) is 17.8 Å². The standard InChI is InChI=1S/C21H22BFN3O.2FH/c1-14-12-17(7-5-15-13-16(23)6-8-20(15)27-2)25-21(14)18(9-10-24)19-4-3-11-26(19)22;;/h3-8,11-13,25H,9-10,24H2,1-2H3;2*1H/q+1;;/b7-5+;;. The number of halogens is 3. The summed E-state index contributed by atoms with van der Waals surface area (Å²) in [5, 5.41) is 0. The highest BCUT2D eigenvalue weighted by molar-refractivity contribution is 6.01. The average Bonchev–Trinajstić information content (AvgIpc) is 3.23. The number of nitrogens with two attached hydrogens (primary N) is 1. The van der Waals surface area contributed by atoms with Gasteiger partial charge >= 0.3 is 7.98 Å². The van der Waals surface area contributed by atoms with Gasteiger partial charge in [0.05, 0.1) is 12.8 Å². The summed E-state index contributed by atoms with van der Waals surface area (Å²) < 4.78 is 20.4. The second-order valence-electron chi connectivity index (χ2n) is 6.32. The van der Waals surface area contributed by atoms with Crippen LogP contribution in [0.3, 0.4) is 0 Å². The zero-order valence-electron chi connectivity index (χ0n) is 16.3. The van der Waals surface area contributed by atoms with E-state index in [-0.39, 0.29) is 15.2 Å². The van der Waals surface area contributed by atoms with E-state index in [2.05, 4.69) is 4.98 Å². The topological polar surface area (TPSA) is 54.0 Å². The molecule has 0 bridgehead atoms. The summed E-state index contributed by atoms with van der Waals surface area (Å²) in [6.07, 6.45) is 10.1. The van der Waals surface area contributed by atoms with Crippen LogP contribution in [0.5, 0.6) is 5.75 Å². The van der Waals surface area contributed by atoms with Crippen LogP contribution in [0.2, 0.25) is 0 Å². The van der Waals surface area contributed by atoms with Crippen molar-refractivity contribution in [2.24, 2.45) is 5.73 Å². The zero-order valence-corrected chi connectivity index (χ0v) is 16.3. The van der Waals surface area contributed by atoms with Crippen LogP contribution in [0.15, 0.2) is 42.1 Å². The minimum absolute atomic E-state index is 0. The molecule has 3 rings (SSSR count). The Morgan fingerprint density at radius 2 is 2.03 bits per heavy atom. The fourth-order valence-electron chi connectivity index (χ4n) is 3.18. The number of benzene rings is 1. The van der Waals surface area contributed by atoms with Crippen molar-refractivity contribution in [3.63, 3.8) is 0 Å². The maximum atomic E-state index is 13.5. The number of nitrogens with one attached hydrogen (secondary N) is 1. The van der Waals surface area contributed by atoms with Crippen LogP contribution in [0, 0.1) is 12.7 Å². The molecule has 2 aromatic rings. The van der Waals surface area contributed by atoms with Crippen molar-refractivity contribution in [2.75, 3.05) is 13.7 Å². The van der Waals surface area contributed by atoms with Crippen molar-refractivity contribution < 1.29 is 23.0 Å². The van der Waals surface area contributed by atoms with Crippen molar-refractivity contribution in [3.05, 3.63) is 70.4 Å². The molecule has 4 nitrogen and oxygen atoms in total. The molecule has 2 heterocycles. The molecule has 0 saturated heterocycles. The third kappa shape index (κ3) is 5.29. The number of nitrogens with zero attached hydrogens (tertiary/aromatic N) is 1. The van der Waals surface area contributed by atoms with Crippen molar-refractivity contribution in [2.45, 2.75) is 13.3 Å². The minimum atomic E-state index is -0.305. The second kappa shape index (κ2) is 10.5. The Morgan fingerprint density at radius 3 is 2.66 bits per heavy atom. The molecule has 1 aromatic heterocycles. The molecule has 0 atom stereocenters. The fraction of sp³-hybridized carbons (Fsp3) is 0.190. The van der Waals surface area contributed by atoms with Gasteiger partial charge in [-0.3, -0.25) is 13.9 Å². The summed E-state index contributed by atoms with van der Waals surface area (Å²) in [5.74, 6) is 0.313. The highest BCUT2D eigenvalue weighted by Crippen LogP contribution is 2.28. The van der Waals surface area contributed by atoms with Crippen LogP contribution in [0.25, 0.3) is 17.7 Å². The molecule has 0 unspecified atom stereocenters. The molecule has 0 fully saturated rings. The maximum Gasteiger partial charge on any atom is 0.586 e. The van der Waals surface area contributed by atoms with Gasteiger partial charge in [0.2, 0.25) is 0 Å². The molecular weight excluding hydrogens is 378 g/mol. The lowest BCUT2D eigenvalue weighted by molar-refractivity contribution is -0.294. The van der Waals surface area contributed by atoms with E-state index in [1.54, 1.807) is 23.9 Å². The predicted molar refractivity (Wildman–Crippen MR) is 114 cm³/mol. The van der Waals surface area contributed by atoms with E-state index in [0.29, 0.717) is 24.3 Å². The molecule has 0 amide bonds. The van der Waals surface area contributed by atoms with Crippen LogP contribution < -0.4 is 10.5 Å². The SMILES string of the molecule is F.F.[B][N+]1=CC=CC1=C(CCN)c1[nH]c(/C=C/c2cc(F)ccc2OC)cc1C. The van der Waals surface area contributed by atoms with Gasteiger partial charge in [-0.2, -0.15) is 0 Å². The second-order valence-corrected chi connectivity index (χ2v) is 6.32. The largest absolute Gasteiger partial charge is 0.586 e. The third-order valence-corrected chi connectivity index (χ3v) is 4.45. The number of methoxy groups -OCH3 is 1. The number of aromatic amines is 1. The fourth-order valence-corrected chi connectivity index (χ4v) is 3.18. The summed E-state index contributed by atoms with van der Waals surface area (Å²) in [6, 6.07) is 6.48. The van der Waals surface area contributed by atoms with Gasteiger partial charge in [-0.05, 0) is 61.9 Å². The third-order valence-electron chi connectivity index (χ3n) is 4.45. The van der Waals surface area contributed by atoms with Crippen LogP contribution in [0.1, 0.15) is 28.9 Å². The van der Waals surface area contributed by atoms with E-state index < -0.39 is 0 Å². The smallest absolute Gasteiger partial charge is 0.496 e. The van der Waals surface area contributed by atoms with Gasteiger partial charge in [0.25, 0.3) is 0 Å². The molecule has 3 N–H and O–H groups in total. The lowest BCUT2D eigenvalue weighted by atomic mass is 10.0. The van der Waals surface area contributed by atoms with E-state index in [1.165, 1.54) is 12.1 Å². The number of hydrogen-bond acceptors (Lipinski definition) is 2. The van der Waals surface area contributed by atoms with E-state index in [0.717, 1.165) is 28.2 Å². The summed E-state index contributed by atoms with van der Waals surface area (Å²) in [7, 11) is 7.59. The first-order chi connectivity index (χ1) is 13.0. The van der Waals surface area contributed by atoms with E-state index in [4.69, 9.17) is 18.5 Å². The molecule has 8 heteroatoms. The van der Waals surface area contributed by atoms with Crippen LogP contribution in [0.4, 0.5) is 13.8 Å². The van der Waals surface area contributed by atoms with Gasteiger partial charge < -0.3 is 15.5 Å². The van der Waals surface area contributed by atoms with Gasteiger partial charge in [0, 0.05) is 29.0 Å². The number of aryl methyl sites for hydroxylation is 1. The molecule has 29 heavy (non-hydrogen) atoms.